The minimum absolute atomic E-state index is 0.160. The van der Waals surface area contributed by atoms with Crippen LogP contribution in [0.3, 0.4) is 0 Å². The summed E-state index contributed by atoms with van der Waals surface area (Å²) in [6, 6.07) is 16.4. The Morgan fingerprint density at radius 3 is 2.48 bits per heavy atom. The number of rotatable bonds is 7. The van der Waals surface area contributed by atoms with Gasteiger partial charge in [-0.05, 0) is 19.2 Å². The third-order valence-electron chi connectivity index (χ3n) is 3.11. The van der Waals surface area contributed by atoms with Crippen molar-refractivity contribution in [3.05, 3.63) is 70.3 Å². The third-order valence-corrected chi connectivity index (χ3v) is 3.11. The van der Waals surface area contributed by atoms with Gasteiger partial charge in [-0.1, -0.05) is 36.4 Å². The Morgan fingerprint density at radius 1 is 1.10 bits per heavy atom. The van der Waals surface area contributed by atoms with Crippen LogP contribution < -0.4 is 4.74 Å². The van der Waals surface area contributed by atoms with Gasteiger partial charge in [0.1, 0.15) is 12.4 Å². The lowest BCUT2D eigenvalue weighted by atomic mass is 10.1. The predicted octanol–water partition coefficient (Wildman–Crippen LogP) is 3.11. The molecule has 2 aromatic carbocycles. The lowest BCUT2D eigenvalue weighted by molar-refractivity contribution is -0.385. The first-order chi connectivity index (χ1) is 10.2. The molecule has 0 saturated heterocycles. The zero-order valence-electron chi connectivity index (χ0n) is 11.9. The van der Waals surface area contributed by atoms with E-state index in [0.717, 1.165) is 5.75 Å². The maximum absolute atomic E-state index is 11.0. The molecule has 0 aliphatic heterocycles. The molecule has 21 heavy (non-hydrogen) atoms. The minimum atomic E-state index is -0.344. The van der Waals surface area contributed by atoms with Gasteiger partial charge in [-0.15, -0.1) is 0 Å². The molecule has 0 aromatic heterocycles. The molecule has 0 aliphatic rings. The van der Waals surface area contributed by atoms with Crippen LogP contribution in [-0.2, 0) is 6.54 Å². The second kappa shape index (κ2) is 7.40. The largest absolute Gasteiger partial charge is 0.492 e. The van der Waals surface area contributed by atoms with E-state index in [4.69, 9.17) is 4.74 Å². The number of ether oxygens (including phenoxy) is 1. The molecule has 5 heteroatoms. The van der Waals surface area contributed by atoms with Gasteiger partial charge in [0.15, 0.2) is 0 Å². The molecule has 5 nitrogen and oxygen atoms in total. The molecule has 0 saturated carbocycles. The molecule has 0 spiro atoms. The van der Waals surface area contributed by atoms with Crippen molar-refractivity contribution >= 4 is 5.69 Å². The summed E-state index contributed by atoms with van der Waals surface area (Å²) in [6.07, 6.45) is 0. The molecule has 0 unspecified atom stereocenters. The van der Waals surface area contributed by atoms with Crippen LogP contribution in [0.2, 0.25) is 0 Å². The molecule has 0 atom stereocenters. The third kappa shape index (κ3) is 4.57. The second-order valence-corrected chi connectivity index (χ2v) is 4.79. The fraction of sp³-hybridized carbons (Fsp3) is 0.250. The molecule has 0 bridgehead atoms. The maximum atomic E-state index is 11.0. The molecule has 0 radical (unpaired) electrons. The van der Waals surface area contributed by atoms with Crippen molar-refractivity contribution in [2.45, 2.75) is 6.54 Å². The molecule has 0 N–H and O–H groups in total. The van der Waals surface area contributed by atoms with Crippen LogP contribution in [0.15, 0.2) is 54.6 Å². The van der Waals surface area contributed by atoms with Gasteiger partial charge in [-0.25, -0.2) is 0 Å². The molecule has 0 amide bonds. The van der Waals surface area contributed by atoms with Gasteiger partial charge in [-0.3, -0.25) is 15.0 Å². The highest BCUT2D eigenvalue weighted by molar-refractivity contribution is 5.39. The quantitative estimate of drug-likeness (QED) is 0.579. The van der Waals surface area contributed by atoms with E-state index < -0.39 is 0 Å². The van der Waals surface area contributed by atoms with Crippen molar-refractivity contribution in [3.8, 4) is 5.75 Å². The highest BCUT2D eigenvalue weighted by atomic mass is 16.6. The minimum Gasteiger partial charge on any atom is -0.492 e. The zero-order valence-corrected chi connectivity index (χ0v) is 11.9. The van der Waals surface area contributed by atoms with Crippen LogP contribution in [0.5, 0.6) is 5.75 Å². The fourth-order valence-corrected chi connectivity index (χ4v) is 2.03. The number of hydrogen-bond donors (Lipinski definition) is 0. The van der Waals surface area contributed by atoms with Gasteiger partial charge in [-0.2, -0.15) is 0 Å². The molecule has 0 aliphatic carbocycles. The fourth-order valence-electron chi connectivity index (χ4n) is 2.03. The SMILES string of the molecule is CN(CCOc1ccccc1)Cc1ccccc1[N+](=O)[O-]. The standard InChI is InChI=1S/C16H18N2O3/c1-17(11-12-21-15-8-3-2-4-9-15)13-14-7-5-6-10-16(14)18(19)20/h2-10H,11-13H2,1H3. The highest BCUT2D eigenvalue weighted by Crippen LogP contribution is 2.18. The second-order valence-electron chi connectivity index (χ2n) is 4.79. The summed E-state index contributed by atoms with van der Waals surface area (Å²) in [6.45, 7) is 1.76. The number of nitro benzene ring substituents is 1. The van der Waals surface area contributed by atoms with Gasteiger partial charge in [0, 0.05) is 24.7 Å². The van der Waals surface area contributed by atoms with Gasteiger partial charge in [0.05, 0.1) is 4.92 Å². The van der Waals surface area contributed by atoms with Crippen molar-refractivity contribution in [1.29, 1.82) is 0 Å². The van der Waals surface area contributed by atoms with Crippen LogP contribution in [0.1, 0.15) is 5.56 Å². The first-order valence-electron chi connectivity index (χ1n) is 6.75. The number of benzene rings is 2. The molecule has 110 valence electrons. The first-order valence-corrected chi connectivity index (χ1v) is 6.75. The number of nitrogens with zero attached hydrogens (tertiary/aromatic N) is 2. The molecule has 0 heterocycles. The number of para-hydroxylation sites is 2. The van der Waals surface area contributed by atoms with E-state index in [0.29, 0.717) is 25.3 Å². The Hall–Kier alpha value is -2.40. The van der Waals surface area contributed by atoms with Gasteiger partial charge in [0.25, 0.3) is 5.69 Å². The average Bonchev–Trinajstić information content (AvgIpc) is 2.48. The van der Waals surface area contributed by atoms with Crippen molar-refractivity contribution in [3.63, 3.8) is 0 Å². The van der Waals surface area contributed by atoms with E-state index in [1.54, 1.807) is 12.1 Å². The Kier molecular flexibility index (Phi) is 5.29. The van der Waals surface area contributed by atoms with Gasteiger partial charge in [0.2, 0.25) is 0 Å². The Labute approximate surface area is 123 Å². The van der Waals surface area contributed by atoms with Crippen LogP contribution in [0.25, 0.3) is 0 Å². The van der Waals surface area contributed by atoms with Crippen molar-refractivity contribution < 1.29 is 9.66 Å². The van der Waals surface area contributed by atoms with E-state index in [9.17, 15) is 10.1 Å². The number of nitro groups is 1. The van der Waals surface area contributed by atoms with Crippen LogP contribution >= 0.6 is 0 Å². The summed E-state index contributed by atoms with van der Waals surface area (Å²) < 4.78 is 5.62. The molecular weight excluding hydrogens is 268 g/mol. The summed E-state index contributed by atoms with van der Waals surface area (Å²) in [5.41, 5.74) is 0.873. The van der Waals surface area contributed by atoms with E-state index in [1.807, 2.05) is 48.3 Å². The number of likely N-dealkylation sites (N-methyl/N-ethyl adjacent to an activating group) is 1. The van der Waals surface area contributed by atoms with Gasteiger partial charge < -0.3 is 4.74 Å². The molecule has 2 rings (SSSR count). The van der Waals surface area contributed by atoms with Gasteiger partial charge >= 0.3 is 0 Å². The maximum Gasteiger partial charge on any atom is 0.273 e. The molecule has 2 aromatic rings. The van der Waals surface area contributed by atoms with E-state index in [2.05, 4.69) is 0 Å². The Bertz CT molecular complexity index is 587. The lowest BCUT2D eigenvalue weighted by Gasteiger charge is -2.17. The summed E-state index contributed by atoms with van der Waals surface area (Å²) >= 11 is 0. The number of hydrogen-bond acceptors (Lipinski definition) is 4. The van der Waals surface area contributed by atoms with Crippen molar-refractivity contribution in [2.24, 2.45) is 0 Å². The van der Waals surface area contributed by atoms with Crippen molar-refractivity contribution in [1.82, 2.24) is 4.90 Å². The van der Waals surface area contributed by atoms with E-state index >= 15 is 0 Å². The van der Waals surface area contributed by atoms with Crippen molar-refractivity contribution in [2.75, 3.05) is 20.2 Å². The topological polar surface area (TPSA) is 55.6 Å². The smallest absolute Gasteiger partial charge is 0.273 e. The normalized spacial score (nSPS) is 10.6. The van der Waals surface area contributed by atoms with E-state index in [1.165, 1.54) is 6.07 Å². The predicted molar refractivity (Wildman–Crippen MR) is 81.4 cm³/mol. The summed E-state index contributed by atoms with van der Waals surface area (Å²) in [4.78, 5) is 12.6. The Morgan fingerprint density at radius 2 is 1.76 bits per heavy atom. The first kappa shape index (κ1) is 15.0. The molecular formula is C16H18N2O3. The summed E-state index contributed by atoms with van der Waals surface area (Å²) in [5, 5.41) is 11.0. The lowest BCUT2D eigenvalue weighted by Crippen LogP contribution is -2.24. The Balaban J connectivity index is 1.85. The van der Waals surface area contributed by atoms with Crippen LogP contribution in [-0.4, -0.2) is 30.0 Å². The average molecular weight is 286 g/mol. The highest BCUT2D eigenvalue weighted by Gasteiger charge is 2.13. The molecule has 0 fully saturated rings. The summed E-state index contributed by atoms with van der Waals surface area (Å²) in [7, 11) is 1.92. The van der Waals surface area contributed by atoms with Crippen LogP contribution in [0.4, 0.5) is 5.69 Å². The van der Waals surface area contributed by atoms with Crippen LogP contribution in [0, 0.1) is 10.1 Å². The zero-order chi connectivity index (χ0) is 15.1. The monoisotopic (exact) mass is 286 g/mol. The van der Waals surface area contributed by atoms with E-state index in [-0.39, 0.29) is 10.6 Å². The summed E-state index contributed by atoms with van der Waals surface area (Å²) in [5.74, 6) is 0.830.